The van der Waals surface area contributed by atoms with Crippen LogP contribution in [0.25, 0.3) is 0 Å². The van der Waals surface area contributed by atoms with E-state index in [1.807, 2.05) is 48.9 Å². The van der Waals surface area contributed by atoms with Gasteiger partial charge in [-0.1, -0.05) is 30.9 Å². The Balaban J connectivity index is 1.99. The maximum absolute atomic E-state index is 9.34. The molecule has 146 valence electrons. The average molecular weight is 377 g/mol. The number of nitriles is 1. The lowest BCUT2D eigenvalue weighted by Crippen LogP contribution is -2.28. The molecule has 1 N–H and O–H groups in total. The fourth-order valence-corrected chi connectivity index (χ4v) is 2.55. The first-order chi connectivity index (χ1) is 13.6. The third-order valence-electron chi connectivity index (χ3n) is 4.09. The molecule has 6 nitrogen and oxygen atoms in total. The monoisotopic (exact) mass is 377 g/mol. The first kappa shape index (κ1) is 21.1. The van der Waals surface area contributed by atoms with Crippen molar-refractivity contribution in [2.24, 2.45) is 0 Å². The summed E-state index contributed by atoms with van der Waals surface area (Å²) in [6, 6.07) is 5.68. The maximum atomic E-state index is 9.34. The van der Waals surface area contributed by atoms with Gasteiger partial charge in [-0.15, -0.1) is 0 Å². The second-order valence-electron chi connectivity index (χ2n) is 6.32. The summed E-state index contributed by atoms with van der Waals surface area (Å²) in [6.07, 6.45) is 13.7. The van der Waals surface area contributed by atoms with Gasteiger partial charge >= 0.3 is 0 Å². The number of aromatic nitrogens is 3. The fourth-order valence-electron chi connectivity index (χ4n) is 2.55. The summed E-state index contributed by atoms with van der Waals surface area (Å²) in [5.74, 6) is 0.353. The summed E-state index contributed by atoms with van der Waals surface area (Å²) in [4.78, 5) is 8.42. The predicted molar refractivity (Wildman–Crippen MR) is 111 cm³/mol. The molecule has 1 atom stereocenters. The molecular weight excluding hydrogens is 350 g/mol. The zero-order valence-corrected chi connectivity index (χ0v) is 16.5. The maximum Gasteiger partial charge on any atom is 0.232 e. The standard InChI is InChI=1S/C22H27N5O/c1-4-5-6-7-18(2)21(10-11-24-12-14-27-15-13-25-17-27)28-22-20(16-23)9-8-19(3)26-22/h4-9,13,15,17,21,24H,2,10-12,14H2,1,3H3/b5-4-,7-6-/t21-/m1/s1. The van der Waals surface area contributed by atoms with E-state index in [0.717, 1.165) is 30.9 Å². The summed E-state index contributed by atoms with van der Waals surface area (Å²) in [5, 5.41) is 12.7. The first-order valence-corrected chi connectivity index (χ1v) is 9.33. The Hall–Kier alpha value is -3.17. The van der Waals surface area contributed by atoms with E-state index in [1.54, 1.807) is 24.7 Å². The molecule has 0 aliphatic heterocycles. The number of hydrogen-bond acceptors (Lipinski definition) is 5. The number of aryl methyl sites for hydroxylation is 1. The molecule has 0 saturated carbocycles. The van der Waals surface area contributed by atoms with E-state index < -0.39 is 0 Å². The smallest absolute Gasteiger partial charge is 0.232 e. The van der Waals surface area contributed by atoms with Crippen LogP contribution < -0.4 is 10.1 Å². The van der Waals surface area contributed by atoms with E-state index in [1.165, 1.54) is 0 Å². The van der Waals surface area contributed by atoms with Gasteiger partial charge in [0, 0.05) is 37.6 Å². The predicted octanol–water partition coefficient (Wildman–Crippen LogP) is 3.57. The molecule has 0 amide bonds. The zero-order chi connectivity index (χ0) is 20.2. The minimum absolute atomic E-state index is 0.274. The number of rotatable bonds is 11. The third-order valence-corrected chi connectivity index (χ3v) is 4.09. The van der Waals surface area contributed by atoms with Crippen LogP contribution in [-0.2, 0) is 6.54 Å². The van der Waals surface area contributed by atoms with Crippen LogP contribution in [-0.4, -0.2) is 33.7 Å². The Morgan fingerprint density at radius 2 is 2.25 bits per heavy atom. The van der Waals surface area contributed by atoms with Crippen molar-refractivity contribution in [3.63, 3.8) is 0 Å². The van der Waals surface area contributed by atoms with Gasteiger partial charge in [-0.05, 0) is 38.1 Å². The molecule has 0 fully saturated rings. The van der Waals surface area contributed by atoms with Gasteiger partial charge in [0.25, 0.3) is 0 Å². The molecule has 28 heavy (non-hydrogen) atoms. The van der Waals surface area contributed by atoms with Crippen LogP contribution in [0.15, 0.2) is 67.3 Å². The van der Waals surface area contributed by atoms with Crippen LogP contribution in [0.5, 0.6) is 5.88 Å². The van der Waals surface area contributed by atoms with Gasteiger partial charge in [0.15, 0.2) is 0 Å². The molecule has 0 spiro atoms. The van der Waals surface area contributed by atoms with Crippen LogP contribution >= 0.6 is 0 Å². The molecule has 0 saturated heterocycles. The summed E-state index contributed by atoms with van der Waals surface area (Å²) >= 11 is 0. The van der Waals surface area contributed by atoms with Gasteiger partial charge in [0.2, 0.25) is 5.88 Å². The Labute approximate surface area is 166 Å². The van der Waals surface area contributed by atoms with Gasteiger partial charge in [-0.25, -0.2) is 9.97 Å². The molecule has 6 heteroatoms. The van der Waals surface area contributed by atoms with Gasteiger partial charge < -0.3 is 14.6 Å². The van der Waals surface area contributed by atoms with Gasteiger partial charge in [0.05, 0.1) is 6.33 Å². The van der Waals surface area contributed by atoms with E-state index in [-0.39, 0.29) is 6.10 Å². The van der Waals surface area contributed by atoms with Crippen molar-refractivity contribution in [2.75, 3.05) is 13.1 Å². The average Bonchev–Trinajstić information content (AvgIpc) is 3.20. The summed E-state index contributed by atoms with van der Waals surface area (Å²) in [5.41, 5.74) is 2.07. The Morgan fingerprint density at radius 1 is 1.39 bits per heavy atom. The molecule has 0 radical (unpaired) electrons. The van der Waals surface area contributed by atoms with E-state index in [4.69, 9.17) is 4.74 Å². The van der Waals surface area contributed by atoms with E-state index >= 15 is 0 Å². The summed E-state index contributed by atoms with van der Waals surface area (Å²) in [6.45, 7) is 10.4. The number of ether oxygens (including phenoxy) is 1. The van der Waals surface area contributed by atoms with Gasteiger partial charge in [-0.3, -0.25) is 0 Å². The van der Waals surface area contributed by atoms with Gasteiger partial charge in [0.1, 0.15) is 17.7 Å². The molecule has 0 bridgehead atoms. The molecule has 2 heterocycles. The molecule has 0 aromatic carbocycles. The second-order valence-corrected chi connectivity index (χ2v) is 6.32. The highest BCUT2D eigenvalue weighted by molar-refractivity contribution is 5.39. The van der Waals surface area contributed by atoms with Crippen LogP contribution in [0.3, 0.4) is 0 Å². The van der Waals surface area contributed by atoms with Crippen molar-refractivity contribution in [2.45, 2.75) is 32.9 Å². The van der Waals surface area contributed by atoms with Gasteiger partial charge in [-0.2, -0.15) is 5.26 Å². The SMILES string of the molecule is C=C(/C=C\C=C/C)[C@@H](CCNCCn1ccnc1)Oc1nc(C)ccc1C#N. The minimum atomic E-state index is -0.274. The first-order valence-electron chi connectivity index (χ1n) is 9.33. The summed E-state index contributed by atoms with van der Waals surface area (Å²) < 4.78 is 8.12. The highest BCUT2D eigenvalue weighted by atomic mass is 16.5. The van der Waals surface area contributed by atoms with Crippen molar-refractivity contribution in [1.82, 2.24) is 19.9 Å². The zero-order valence-electron chi connectivity index (χ0n) is 16.5. The molecule has 0 aliphatic carbocycles. The lowest BCUT2D eigenvalue weighted by molar-refractivity contribution is 0.219. The number of hydrogen-bond donors (Lipinski definition) is 1. The van der Waals surface area contributed by atoms with Crippen molar-refractivity contribution in [1.29, 1.82) is 5.26 Å². The van der Waals surface area contributed by atoms with Crippen LogP contribution in [0.2, 0.25) is 0 Å². The lowest BCUT2D eigenvalue weighted by atomic mass is 10.1. The van der Waals surface area contributed by atoms with Crippen molar-refractivity contribution in [3.8, 4) is 11.9 Å². The highest BCUT2D eigenvalue weighted by Crippen LogP contribution is 2.20. The Morgan fingerprint density at radius 3 is 2.96 bits per heavy atom. The van der Waals surface area contributed by atoms with Crippen LogP contribution in [0.1, 0.15) is 24.6 Å². The van der Waals surface area contributed by atoms with Crippen LogP contribution in [0, 0.1) is 18.3 Å². The topological polar surface area (TPSA) is 75.8 Å². The second kappa shape index (κ2) is 11.5. The number of nitrogens with zero attached hydrogens (tertiary/aromatic N) is 4. The highest BCUT2D eigenvalue weighted by Gasteiger charge is 2.16. The number of nitrogens with one attached hydrogen (secondary N) is 1. The number of imidazole rings is 1. The van der Waals surface area contributed by atoms with Crippen molar-refractivity contribution in [3.05, 3.63) is 78.6 Å². The van der Waals surface area contributed by atoms with E-state index in [2.05, 4.69) is 27.9 Å². The number of pyridine rings is 1. The van der Waals surface area contributed by atoms with E-state index in [9.17, 15) is 5.26 Å². The molecule has 2 rings (SSSR count). The largest absolute Gasteiger partial charge is 0.468 e. The third kappa shape index (κ3) is 6.86. The van der Waals surface area contributed by atoms with Crippen LogP contribution in [0.4, 0.5) is 0 Å². The number of allylic oxidation sites excluding steroid dienone is 3. The van der Waals surface area contributed by atoms with Crippen molar-refractivity contribution >= 4 is 0 Å². The fraction of sp³-hybridized carbons (Fsp3) is 0.318. The quantitative estimate of drug-likeness (QED) is 0.478. The lowest BCUT2D eigenvalue weighted by Gasteiger charge is -2.20. The molecule has 2 aromatic heterocycles. The minimum Gasteiger partial charge on any atom is -0.468 e. The Bertz CT molecular complexity index is 846. The normalized spacial score (nSPS) is 12.3. The summed E-state index contributed by atoms with van der Waals surface area (Å²) in [7, 11) is 0. The van der Waals surface area contributed by atoms with Crippen molar-refractivity contribution < 1.29 is 4.74 Å². The molecule has 0 unspecified atom stereocenters. The molecule has 0 aliphatic rings. The molecule has 2 aromatic rings. The molecular formula is C22H27N5O. The Kier molecular flexibility index (Phi) is 8.70. The van der Waals surface area contributed by atoms with E-state index in [0.29, 0.717) is 17.9 Å².